The van der Waals surface area contributed by atoms with Gasteiger partial charge in [-0.3, -0.25) is 19.2 Å². The van der Waals surface area contributed by atoms with Crippen LogP contribution < -0.4 is 20.6 Å². The number of aliphatic carboxylic acids is 2. The second-order valence-corrected chi connectivity index (χ2v) is 33.5. The Labute approximate surface area is 468 Å². The zero-order valence-electron chi connectivity index (χ0n) is 46.3. The van der Waals surface area contributed by atoms with Gasteiger partial charge in [-0.25, -0.2) is 27.5 Å². The molecular formula is C58H60F4N8O10Si2. The Kier molecular flexibility index (Phi) is 16.6. The molecule has 24 heteroatoms. The molecule has 18 nitrogen and oxygen atoms in total. The molecule has 428 valence electrons. The van der Waals surface area contributed by atoms with Gasteiger partial charge in [-0.15, -0.1) is 0 Å². The smallest absolute Gasteiger partial charge is 0.323 e. The van der Waals surface area contributed by atoms with Gasteiger partial charge in [0.2, 0.25) is 0 Å². The van der Waals surface area contributed by atoms with E-state index in [-0.39, 0.29) is 59.6 Å². The largest absolute Gasteiger partial charge is 0.480 e. The van der Waals surface area contributed by atoms with Crippen molar-refractivity contribution in [3.63, 3.8) is 0 Å². The highest BCUT2D eigenvalue weighted by atomic mass is 28.3. The molecule has 10 rings (SSSR count). The van der Waals surface area contributed by atoms with Crippen molar-refractivity contribution in [2.24, 2.45) is 14.1 Å². The van der Waals surface area contributed by atoms with E-state index in [1.165, 1.54) is 37.0 Å². The molecule has 6 heterocycles. The lowest BCUT2D eigenvalue weighted by molar-refractivity contribution is -0.138. The van der Waals surface area contributed by atoms with E-state index >= 15 is 0 Å². The summed E-state index contributed by atoms with van der Waals surface area (Å²) in [6.45, 7) is 14.4. The number of halogens is 4. The molecule has 0 atom stereocenters. The summed E-state index contributed by atoms with van der Waals surface area (Å²) in [6, 6.07) is 18.3. The number of aryl methyl sites for hydroxylation is 2. The molecule has 10 aromatic rings. The Hall–Kier alpha value is -8.59. The quantitative estimate of drug-likeness (QED) is 0.0416. The average molecular weight is 1160 g/mol. The topological polar surface area (TPSA) is 201 Å². The van der Waals surface area contributed by atoms with E-state index < -0.39 is 57.9 Å². The number of nitrogens with zero attached hydrogens (tertiary/aromatic N) is 8. The van der Waals surface area contributed by atoms with Crippen molar-refractivity contribution in [1.82, 2.24) is 37.4 Å². The number of aromatic nitrogens is 8. The Balaban J connectivity index is 0.000000198. The number of fused-ring (bicyclic) bond motifs is 4. The van der Waals surface area contributed by atoms with Gasteiger partial charge in [0.25, 0.3) is 11.1 Å². The Morgan fingerprint density at radius 3 is 1.50 bits per heavy atom. The number of hydrogen-bond donors (Lipinski definition) is 2. The number of carboxylic acid groups (broad SMARTS) is 2. The normalized spacial score (nSPS) is 12.0. The first-order valence-electron chi connectivity index (χ1n) is 26.0. The van der Waals surface area contributed by atoms with E-state index in [0.717, 1.165) is 30.3 Å². The van der Waals surface area contributed by atoms with Crippen LogP contribution >= 0.6 is 0 Å². The molecule has 0 bridgehead atoms. The number of hydrogen-bond acceptors (Lipinski definition) is 10. The van der Waals surface area contributed by atoms with Gasteiger partial charge in [-0.05, 0) is 72.8 Å². The molecule has 4 aromatic carbocycles. The number of carboxylic acids is 2. The van der Waals surface area contributed by atoms with Crippen LogP contribution in [-0.2, 0) is 59.7 Å². The van der Waals surface area contributed by atoms with Crippen molar-refractivity contribution < 1.29 is 56.3 Å². The number of benzene rings is 4. The van der Waals surface area contributed by atoms with Crippen molar-refractivity contribution in [2.45, 2.75) is 77.9 Å². The maximum absolute atomic E-state index is 14.8. The third-order valence-corrected chi connectivity index (χ3v) is 16.9. The number of rotatable bonds is 20. The van der Waals surface area contributed by atoms with E-state index in [1.807, 2.05) is 6.07 Å². The van der Waals surface area contributed by atoms with Gasteiger partial charge >= 0.3 is 11.9 Å². The molecule has 0 saturated heterocycles. The molecule has 2 N–H and O–H groups in total. The van der Waals surface area contributed by atoms with Crippen LogP contribution in [0.5, 0.6) is 23.0 Å². The average Bonchev–Trinajstić information content (AvgIpc) is 4.09. The zero-order valence-corrected chi connectivity index (χ0v) is 48.3. The third kappa shape index (κ3) is 12.6. The molecule has 0 radical (unpaired) electrons. The van der Waals surface area contributed by atoms with Crippen LogP contribution in [0.25, 0.3) is 66.1 Å². The molecule has 6 aromatic heterocycles. The Bertz CT molecular complexity index is 4210. The van der Waals surface area contributed by atoms with Gasteiger partial charge < -0.3 is 56.6 Å². The fourth-order valence-electron chi connectivity index (χ4n) is 9.30. The summed E-state index contributed by atoms with van der Waals surface area (Å²) < 4.78 is 89.9. The fourth-order valence-corrected chi connectivity index (χ4v) is 10.8. The lowest BCUT2D eigenvalue weighted by atomic mass is 10.0. The minimum Gasteiger partial charge on any atom is -0.480 e. The molecule has 0 spiro atoms. The Morgan fingerprint density at radius 2 is 1.01 bits per heavy atom. The van der Waals surface area contributed by atoms with E-state index in [2.05, 4.69) is 49.3 Å². The molecule has 0 saturated carbocycles. The summed E-state index contributed by atoms with van der Waals surface area (Å²) in [6.07, 6.45) is 9.59. The highest BCUT2D eigenvalue weighted by Crippen LogP contribution is 2.44. The molecular weight excluding hydrogens is 1100 g/mol. The first-order valence-corrected chi connectivity index (χ1v) is 33.5. The van der Waals surface area contributed by atoms with Gasteiger partial charge in [0.05, 0.1) is 23.7 Å². The number of pyridine rings is 2. The summed E-state index contributed by atoms with van der Waals surface area (Å²) in [5.74, 6) is -5.76. The van der Waals surface area contributed by atoms with Gasteiger partial charge in [0.1, 0.15) is 60.3 Å². The van der Waals surface area contributed by atoms with Crippen molar-refractivity contribution in [3.8, 4) is 45.3 Å². The van der Waals surface area contributed by atoms with E-state index in [4.69, 9.17) is 18.9 Å². The van der Waals surface area contributed by atoms with Crippen molar-refractivity contribution in [2.75, 3.05) is 13.2 Å². The van der Waals surface area contributed by atoms with Crippen LogP contribution in [0.4, 0.5) is 17.6 Å². The van der Waals surface area contributed by atoms with Crippen molar-refractivity contribution in [1.29, 1.82) is 0 Å². The summed E-state index contributed by atoms with van der Waals surface area (Å²) in [5.41, 5.74) is 3.99. The summed E-state index contributed by atoms with van der Waals surface area (Å²) >= 11 is 0. The summed E-state index contributed by atoms with van der Waals surface area (Å²) in [5, 5.41) is 20.0. The van der Waals surface area contributed by atoms with Crippen molar-refractivity contribution in [3.05, 3.63) is 154 Å². The molecule has 0 unspecified atom stereocenters. The standard InChI is InChI=1S/2C29H30F2N4O5Si/c1-33-14-21(19-9-10-34(27(19)29(33)38)17-39-11-12-41(2,3)4)20-6-7-23-26(32-16-35(23)15-25(36)37)28(20)40-24-8-5-18(30)13-22(24)31;1-33-14-21(19-9-10-34(26(19)29(33)38)17-39-11-12-41(2,3)4)20-6-7-23-27(35(16-32-23)15-25(36)37)28(20)40-24-8-5-18(30)13-22(24)31/h2*5-10,13-14,16H,11-12,15,17H2,1-4H3,(H,36,37). The molecule has 0 amide bonds. The SMILES string of the molecule is Cn1cc(-c2ccc3c(ncn3CC(=O)O)c2Oc2ccc(F)cc2F)c2ccn(COCC[Si](C)(C)C)c2c1=O.Cn1cc(-c2ccc3ncn(CC(=O)O)c3c2Oc2ccc(F)cc2F)c2ccn(COCC[Si](C)(C)C)c2c1=O. The minimum absolute atomic E-state index is 0.117. The van der Waals surface area contributed by atoms with Crippen molar-refractivity contribution >= 4 is 72.0 Å². The first kappa shape index (κ1) is 58.1. The van der Waals surface area contributed by atoms with Crippen LogP contribution in [-0.4, -0.2) is 88.9 Å². The first-order chi connectivity index (χ1) is 38.8. The van der Waals surface area contributed by atoms with Crippen LogP contribution in [0, 0.1) is 23.3 Å². The monoisotopic (exact) mass is 1160 g/mol. The lowest BCUT2D eigenvalue weighted by Gasteiger charge is -2.17. The second kappa shape index (κ2) is 23.5. The minimum atomic E-state index is -1.29. The maximum atomic E-state index is 14.8. The molecule has 0 aliphatic heterocycles. The fraction of sp³-hybridized carbons (Fsp3) is 0.276. The predicted molar refractivity (Wildman–Crippen MR) is 308 cm³/mol. The number of imidazole rings is 2. The van der Waals surface area contributed by atoms with E-state index in [9.17, 15) is 47.0 Å². The van der Waals surface area contributed by atoms with Crippen LogP contribution in [0.3, 0.4) is 0 Å². The summed E-state index contributed by atoms with van der Waals surface area (Å²) in [7, 11) is 0.689. The molecule has 0 aliphatic carbocycles. The third-order valence-electron chi connectivity index (χ3n) is 13.5. The van der Waals surface area contributed by atoms with Crippen LogP contribution in [0.15, 0.2) is 120 Å². The highest BCUT2D eigenvalue weighted by Gasteiger charge is 2.25. The van der Waals surface area contributed by atoms with Gasteiger partial charge in [-0.1, -0.05) is 39.3 Å². The van der Waals surface area contributed by atoms with Gasteiger partial charge in [-0.2, -0.15) is 0 Å². The molecule has 82 heavy (non-hydrogen) atoms. The molecule has 0 aliphatic rings. The number of ether oxygens (including phenoxy) is 4. The highest BCUT2D eigenvalue weighted by molar-refractivity contribution is 6.76. The lowest BCUT2D eigenvalue weighted by Crippen LogP contribution is -2.23. The second-order valence-electron chi connectivity index (χ2n) is 22.2. The zero-order chi connectivity index (χ0) is 58.9. The van der Waals surface area contributed by atoms with Crippen LogP contribution in [0.2, 0.25) is 51.4 Å². The van der Waals surface area contributed by atoms with Crippen LogP contribution in [0.1, 0.15) is 0 Å². The predicted octanol–water partition coefficient (Wildman–Crippen LogP) is 11.6. The maximum Gasteiger partial charge on any atom is 0.323 e. The van der Waals surface area contributed by atoms with E-state index in [1.54, 1.807) is 78.3 Å². The number of carbonyl (C=O) groups is 2. The van der Waals surface area contributed by atoms with Gasteiger partial charge in [0.15, 0.2) is 34.6 Å². The van der Waals surface area contributed by atoms with E-state index in [0.29, 0.717) is 86.0 Å². The Morgan fingerprint density at radius 1 is 0.549 bits per heavy atom. The summed E-state index contributed by atoms with van der Waals surface area (Å²) in [4.78, 5) is 58.2. The molecule has 0 fully saturated rings. The van der Waals surface area contributed by atoms with Gasteiger partial charge in [0, 0.05) is 113 Å².